The van der Waals surface area contributed by atoms with Crippen molar-refractivity contribution in [2.75, 3.05) is 7.11 Å². The number of rotatable bonds is 2. The molecular formula is C7H8KNO4. The van der Waals surface area contributed by atoms with Crippen molar-refractivity contribution < 1.29 is 14.8 Å². The van der Waals surface area contributed by atoms with E-state index in [9.17, 15) is 10.1 Å². The first-order chi connectivity index (χ1) is 5.65. The van der Waals surface area contributed by atoms with E-state index in [1.165, 1.54) is 19.2 Å². The van der Waals surface area contributed by atoms with E-state index in [2.05, 4.69) is 0 Å². The molecule has 0 bridgehead atoms. The first-order valence-corrected chi connectivity index (χ1v) is 3.16. The summed E-state index contributed by atoms with van der Waals surface area (Å²) in [6, 6.07) is 3.64. The van der Waals surface area contributed by atoms with Gasteiger partial charge in [0.15, 0.2) is 11.5 Å². The zero-order chi connectivity index (χ0) is 9.14. The van der Waals surface area contributed by atoms with Gasteiger partial charge in [-0.25, -0.2) is 0 Å². The predicted molar refractivity (Wildman–Crippen MR) is 48.5 cm³/mol. The number of ether oxygens (including phenoxy) is 1. The molecule has 0 fully saturated rings. The number of benzene rings is 1. The summed E-state index contributed by atoms with van der Waals surface area (Å²) in [6.45, 7) is 0. The minimum absolute atomic E-state index is 0. The SMILES string of the molecule is COc1ccc([N+](=O)[O-])cc1O.[KH]. The van der Waals surface area contributed by atoms with E-state index in [-0.39, 0.29) is 68.6 Å². The normalized spacial score (nSPS) is 8.69. The quantitative estimate of drug-likeness (QED) is 0.441. The Bertz CT molecular complexity index is 315. The number of phenolic OH excluding ortho intramolecular Hbond substituents is 1. The number of methoxy groups -OCH3 is 1. The molecule has 1 N–H and O–H groups in total. The molecule has 0 unspecified atom stereocenters. The summed E-state index contributed by atoms with van der Waals surface area (Å²) in [5.74, 6) is -0.00713. The Balaban J connectivity index is 0.00000144. The van der Waals surface area contributed by atoms with Crippen LogP contribution in [0.3, 0.4) is 0 Å². The molecule has 0 aromatic heterocycles. The molecule has 13 heavy (non-hydrogen) atoms. The van der Waals surface area contributed by atoms with Gasteiger partial charge in [0.05, 0.1) is 18.1 Å². The van der Waals surface area contributed by atoms with Crippen LogP contribution in [0.4, 0.5) is 5.69 Å². The molecule has 1 rings (SSSR count). The zero-order valence-electron chi connectivity index (χ0n) is 6.35. The van der Waals surface area contributed by atoms with Crippen LogP contribution in [0.2, 0.25) is 0 Å². The maximum absolute atomic E-state index is 10.2. The fourth-order valence-corrected chi connectivity index (χ4v) is 0.792. The van der Waals surface area contributed by atoms with Crippen LogP contribution < -0.4 is 4.74 Å². The van der Waals surface area contributed by atoms with Gasteiger partial charge in [-0.15, -0.1) is 0 Å². The Hall–Kier alpha value is -0.144. The van der Waals surface area contributed by atoms with Crippen LogP contribution in [-0.4, -0.2) is 68.5 Å². The molecule has 0 aliphatic carbocycles. The molecule has 0 saturated heterocycles. The average Bonchev–Trinajstić information content (AvgIpc) is 2.04. The third kappa shape index (κ3) is 3.24. The van der Waals surface area contributed by atoms with Gasteiger partial charge < -0.3 is 9.84 Å². The zero-order valence-corrected chi connectivity index (χ0v) is 6.35. The van der Waals surface area contributed by atoms with E-state index >= 15 is 0 Å². The van der Waals surface area contributed by atoms with Crippen molar-refractivity contribution in [3.05, 3.63) is 28.3 Å². The molecular weight excluding hydrogens is 201 g/mol. The van der Waals surface area contributed by atoms with E-state index < -0.39 is 4.92 Å². The van der Waals surface area contributed by atoms with Crippen molar-refractivity contribution in [3.8, 4) is 11.5 Å². The summed E-state index contributed by atoms with van der Waals surface area (Å²) in [4.78, 5) is 9.62. The van der Waals surface area contributed by atoms with E-state index in [1.807, 2.05) is 0 Å². The third-order valence-corrected chi connectivity index (χ3v) is 1.37. The van der Waals surface area contributed by atoms with Gasteiger partial charge in [-0.05, 0) is 6.07 Å². The fourth-order valence-electron chi connectivity index (χ4n) is 0.792. The van der Waals surface area contributed by atoms with Crippen molar-refractivity contribution in [3.63, 3.8) is 0 Å². The molecule has 0 amide bonds. The van der Waals surface area contributed by atoms with Gasteiger partial charge in [0.1, 0.15) is 0 Å². The van der Waals surface area contributed by atoms with Gasteiger partial charge in [-0.3, -0.25) is 10.1 Å². The number of nitro benzene ring substituents is 1. The van der Waals surface area contributed by atoms with Gasteiger partial charge in [0.25, 0.3) is 5.69 Å². The van der Waals surface area contributed by atoms with Crippen LogP contribution in [-0.2, 0) is 0 Å². The summed E-state index contributed by atoms with van der Waals surface area (Å²) in [6.07, 6.45) is 0. The van der Waals surface area contributed by atoms with Crippen LogP contribution in [0.5, 0.6) is 11.5 Å². The second-order valence-electron chi connectivity index (χ2n) is 2.11. The van der Waals surface area contributed by atoms with Gasteiger partial charge in [0.2, 0.25) is 0 Å². The molecule has 0 aliphatic rings. The van der Waals surface area contributed by atoms with Gasteiger partial charge in [-0.2, -0.15) is 0 Å². The molecule has 1 aromatic rings. The number of hydrogen-bond acceptors (Lipinski definition) is 4. The van der Waals surface area contributed by atoms with Gasteiger partial charge in [0, 0.05) is 6.07 Å². The van der Waals surface area contributed by atoms with Crippen LogP contribution in [0.1, 0.15) is 0 Å². The molecule has 1 aromatic carbocycles. The average molecular weight is 209 g/mol. The summed E-state index contributed by atoms with van der Waals surface area (Å²) in [5.41, 5.74) is -0.159. The Labute approximate surface area is 117 Å². The van der Waals surface area contributed by atoms with E-state index in [0.717, 1.165) is 6.07 Å². The van der Waals surface area contributed by atoms with Crippen molar-refractivity contribution >= 4 is 57.1 Å². The number of aromatic hydroxyl groups is 1. The predicted octanol–water partition coefficient (Wildman–Crippen LogP) is 0.660. The molecule has 0 atom stereocenters. The molecule has 5 nitrogen and oxygen atoms in total. The standard InChI is InChI=1S/C7H7NO4.K.H/c1-12-7-3-2-5(8(10)11)4-6(7)9;;/h2-4,9H,1H3;;. The van der Waals surface area contributed by atoms with Crippen LogP contribution in [0.25, 0.3) is 0 Å². The second kappa shape index (κ2) is 5.56. The first-order valence-electron chi connectivity index (χ1n) is 3.16. The van der Waals surface area contributed by atoms with Gasteiger partial charge in [-0.1, -0.05) is 0 Å². The number of nitro groups is 1. The van der Waals surface area contributed by atoms with Crippen LogP contribution in [0.15, 0.2) is 18.2 Å². The van der Waals surface area contributed by atoms with Crippen molar-refractivity contribution in [2.45, 2.75) is 0 Å². The minimum atomic E-state index is -0.584. The first kappa shape index (κ1) is 12.9. The summed E-state index contributed by atoms with van der Waals surface area (Å²) < 4.78 is 4.71. The topological polar surface area (TPSA) is 72.6 Å². The number of nitrogens with zero attached hydrogens (tertiary/aromatic N) is 1. The summed E-state index contributed by atoms with van der Waals surface area (Å²) in [7, 11) is 1.38. The van der Waals surface area contributed by atoms with Crippen molar-refractivity contribution in [1.29, 1.82) is 0 Å². The van der Waals surface area contributed by atoms with E-state index in [4.69, 9.17) is 9.84 Å². The Morgan fingerprint density at radius 2 is 2.15 bits per heavy atom. The Kier molecular flexibility index (Phi) is 5.50. The second-order valence-corrected chi connectivity index (χ2v) is 2.11. The Morgan fingerprint density at radius 1 is 1.54 bits per heavy atom. The fraction of sp³-hybridized carbons (Fsp3) is 0.143. The van der Waals surface area contributed by atoms with Crippen molar-refractivity contribution in [1.82, 2.24) is 0 Å². The molecule has 0 aliphatic heterocycles. The number of phenols is 1. The molecule has 6 heteroatoms. The summed E-state index contributed by atoms with van der Waals surface area (Å²) in [5, 5.41) is 19.3. The molecule has 0 radical (unpaired) electrons. The number of non-ortho nitro benzene ring substituents is 1. The van der Waals surface area contributed by atoms with E-state index in [0.29, 0.717) is 0 Å². The molecule has 0 heterocycles. The molecule has 0 saturated carbocycles. The third-order valence-electron chi connectivity index (χ3n) is 1.37. The van der Waals surface area contributed by atoms with Gasteiger partial charge >= 0.3 is 51.4 Å². The molecule has 0 spiro atoms. The maximum atomic E-state index is 10.2. The molecule has 66 valence electrons. The monoisotopic (exact) mass is 209 g/mol. The van der Waals surface area contributed by atoms with Crippen molar-refractivity contribution in [2.24, 2.45) is 0 Å². The van der Waals surface area contributed by atoms with Crippen LogP contribution in [0, 0.1) is 10.1 Å². The number of hydrogen-bond donors (Lipinski definition) is 1. The van der Waals surface area contributed by atoms with E-state index in [1.54, 1.807) is 0 Å². The Morgan fingerprint density at radius 3 is 2.54 bits per heavy atom. The van der Waals surface area contributed by atoms with Crippen LogP contribution >= 0.6 is 0 Å². The summed E-state index contributed by atoms with van der Waals surface area (Å²) >= 11 is 0.